The number of nitriles is 1. The molecule has 0 saturated heterocycles. The summed E-state index contributed by atoms with van der Waals surface area (Å²) in [7, 11) is 0. The summed E-state index contributed by atoms with van der Waals surface area (Å²) in [6.07, 6.45) is 1.42. The Morgan fingerprint density at radius 1 is 1.21 bits per heavy atom. The maximum atomic E-state index is 12.2. The Hall–Kier alpha value is -2.77. The Morgan fingerprint density at radius 3 is 2.54 bits per heavy atom. The first kappa shape index (κ1) is 17.6. The Balaban J connectivity index is 2.00. The molecular formula is C19H18ClN3O. The summed E-state index contributed by atoms with van der Waals surface area (Å²) < 4.78 is 0. The van der Waals surface area contributed by atoms with Crippen LogP contribution in [0.25, 0.3) is 0 Å². The highest BCUT2D eigenvalue weighted by molar-refractivity contribution is 6.30. The lowest BCUT2D eigenvalue weighted by atomic mass is 10.1. The molecule has 2 rings (SSSR count). The van der Waals surface area contributed by atoms with Crippen LogP contribution in [0, 0.1) is 25.2 Å². The van der Waals surface area contributed by atoms with Gasteiger partial charge in [0.05, 0.1) is 0 Å². The zero-order valence-corrected chi connectivity index (χ0v) is 14.3. The minimum Gasteiger partial charge on any atom is -0.386 e. The van der Waals surface area contributed by atoms with Gasteiger partial charge in [-0.2, -0.15) is 5.26 Å². The first-order valence-corrected chi connectivity index (χ1v) is 7.84. The van der Waals surface area contributed by atoms with Gasteiger partial charge in [-0.05, 0) is 43.2 Å². The van der Waals surface area contributed by atoms with E-state index in [0.29, 0.717) is 17.3 Å². The minimum absolute atomic E-state index is 0.0175. The number of nitrogens with one attached hydrogen (secondary N) is 2. The van der Waals surface area contributed by atoms with Crippen LogP contribution >= 0.6 is 11.6 Å². The molecule has 122 valence electrons. The second-order valence-corrected chi connectivity index (χ2v) is 5.89. The molecule has 0 unspecified atom stereocenters. The predicted octanol–water partition coefficient (Wildman–Crippen LogP) is 4.09. The quantitative estimate of drug-likeness (QED) is 0.637. The number of aryl methyl sites for hydroxylation is 2. The van der Waals surface area contributed by atoms with Crippen LogP contribution in [-0.2, 0) is 11.3 Å². The molecule has 0 atom stereocenters. The SMILES string of the molecule is Cc1ccc(NC(=O)/C(C#N)=C\NCc2ccc(Cl)cc2)c(C)c1. The van der Waals surface area contributed by atoms with Gasteiger partial charge in [-0.1, -0.05) is 41.4 Å². The molecular weight excluding hydrogens is 322 g/mol. The third-order valence-electron chi connectivity index (χ3n) is 3.46. The van der Waals surface area contributed by atoms with Gasteiger partial charge in [0.1, 0.15) is 11.6 Å². The lowest BCUT2D eigenvalue weighted by molar-refractivity contribution is -0.112. The third kappa shape index (κ3) is 4.87. The van der Waals surface area contributed by atoms with Crippen molar-refractivity contribution in [3.05, 3.63) is 76.0 Å². The lowest BCUT2D eigenvalue weighted by Gasteiger charge is -2.09. The molecule has 5 heteroatoms. The number of benzene rings is 2. The van der Waals surface area contributed by atoms with E-state index in [1.54, 1.807) is 12.1 Å². The standard InChI is InChI=1S/C19H18ClN3O/c1-13-3-8-18(14(2)9-13)23-19(24)16(10-21)12-22-11-15-4-6-17(20)7-5-15/h3-9,12,22H,11H2,1-2H3,(H,23,24)/b16-12-. The molecule has 0 aliphatic heterocycles. The van der Waals surface area contributed by atoms with E-state index in [1.807, 2.05) is 50.2 Å². The van der Waals surface area contributed by atoms with Crippen molar-refractivity contribution in [1.82, 2.24) is 5.32 Å². The summed E-state index contributed by atoms with van der Waals surface area (Å²) in [4.78, 5) is 12.2. The summed E-state index contributed by atoms with van der Waals surface area (Å²) >= 11 is 5.83. The van der Waals surface area contributed by atoms with Crippen LogP contribution in [-0.4, -0.2) is 5.91 Å². The number of hydrogen-bond donors (Lipinski definition) is 2. The van der Waals surface area contributed by atoms with Gasteiger partial charge in [0.15, 0.2) is 0 Å². The van der Waals surface area contributed by atoms with Crippen LogP contribution in [0.1, 0.15) is 16.7 Å². The molecule has 2 aromatic rings. The molecule has 4 nitrogen and oxygen atoms in total. The van der Waals surface area contributed by atoms with Crippen LogP contribution in [0.4, 0.5) is 5.69 Å². The van der Waals surface area contributed by atoms with Gasteiger partial charge in [-0.3, -0.25) is 4.79 Å². The number of hydrogen-bond acceptors (Lipinski definition) is 3. The molecule has 2 N–H and O–H groups in total. The van der Waals surface area contributed by atoms with Gasteiger partial charge in [0, 0.05) is 23.5 Å². The van der Waals surface area contributed by atoms with Crippen LogP contribution in [0.5, 0.6) is 0 Å². The van der Waals surface area contributed by atoms with Gasteiger partial charge in [-0.15, -0.1) is 0 Å². The minimum atomic E-state index is -0.437. The number of carbonyl (C=O) groups excluding carboxylic acids is 1. The topological polar surface area (TPSA) is 64.9 Å². The molecule has 2 aromatic carbocycles. The van der Waals surface area contributed by atoms with Crippen LogP contribution < -0.4 is 10.6 Å². The highest BCUT2D eigenvalue weighted by atomic mass is 35.5. The fourth-order valence-electron chi connectivity index (χ4n) is 2.17. The van der Waals surface area contributed by atoms with E-state index < -0.39 is 5.91 Å². The van der Waals surface area contributed by atoms with Crippen molar-refractivity contribution in [3.63, 3.8) is 0 Å². The fraction of sp³-hybridized carbons (Fsp3) is 0.158. The number of amides is 1. The van der Waals surface area contributed by atoms with Crippen molar-refractivity contribution in [2.75, 3.05) is 5.32 Å². The molecule has 0 fully saturated rings. The van der Waals surface area contributed by atoms with E-state index in [1.165, 1.54) is 6.20 Å². The van der Waals surface area contributed by atoms with Gasteiger partial charge >= 0.3 is 0 Å². The molecule has 0 aromatic heterocycles. The summed E-state index contributed by atoms with van der Waals surface area (Å²) in [5.74, 6) is -0.437. The van der Waals surface area contributed by atoms with Crippen molar-refractivity contribution in [1.29, 1.82) is 5.26 Å². The maximum Gasteiger partial charge on any atom is 0.267 e. The highest BCUT2D eigenvalue weighted by Crippen LogP contribution is 2.16. The van der Waals surface area contributed by atoms with E-state index in [0.717, 1.165) is 16.7 Å². The fourth-order valence-corrected chi connectivity index (χ4v) is 2.29. The van der Waals surface area contributed by atoms with Crippen molar-refractivity contribution < 1.29 is 4.79 Å². The number of rotatable bonds is 5. The molecule has 0 radical (unpaired) electrons. The van der Waals surface area contributed by atoms with E-state index in [2.05, 4.69) is 10.6 Å². The molecule has 0 aliphatic rings. The predicted molar refractivity (Wildman–Crippen MR) is 96.5 cm³/mol. The Bertz CT molecular complexity index is 804. The molecule has 0 bridgehead atoms. The second kappa shape index (κ2) is 8.19. The van der Waals surface area contributed by atoms with E-state index in [4.69, 9.17) is 11.6 Å². The number of halogens is 1. The van der Waals surface area contributed by atoms with Crippen molar-refractivity contribution >= 4 is 23.2 Å². The molecule has 1 amide bonds. The summed E-state index contributed by atoms with van der Waals surface area (Å²) in [6, 6.07) is 15.0. The van der Waals surface area contributed by atoms with Crippen molar-refractivity contribution in [2.24, 2.45) is 0 Å². The van der Waals surface area contributed by atoms with Crippen LogP contribution in [0.2, 0.25) is 5.02 Å². The first-order chi connectivity index (χ1) is 11.5. The normalized spacial score (nSPS) is 10.8. The number of anilines is 1. The zero-order chi connectivity index (χ0) is 17.5. The number of carbonyl (C=O) groups is 1. The molecule has 0 spiro atoms. The lowest BCUT2D eigenvalue weighted by Crippen LogP contribution is -2.17. The molecule has 0 aliphatic carbocycles. The number of nitrogens with zero attached hydrogens (tertiary/aromatic N) is 1. The average molecular weight is 340 g/mol. The van der Waals surface area contributed by atoms with Gasteiger partial charge < -0.3 is 10.6 Å². The van der Waals surface area contributed by atoms with E-state index in [-0.39, 0.29) is 5.57 Å². The third-order valence-corrected chi connectivity index (χ3v) is 3.71. The van der Waals surface area contributed by atoms with Crippen LogP contribution in [0.15, 0.2) is 54.2 Å². The van der Waals surface area contributed by atoms with Gasteiger partial charge in [-0.25, -0.2) is 0 Å². The van der Waals surface area contributed by atoms with Crippen molar-refractivity contribution in [2.45, 2.75) is 20.4 Å². The van der Waals surface area contributed by atoms with Gasteiger partial charge in [0.25, 0.3) is 5.91 Å². The monoisotopic (exact) mass is 339 g/mol. The largest absolute Gasteiger partial charge is 0.386 e. The van der Waals surface area contributed by atoms with E-state index >= 15 is 0 Å². The zero-order valence-electron chi connectivity index (χ0n) is 13.6. The van der Waals surface area contributed by atoms with E-state index in [9.17, 15) is 10.1 Å². The first-order valence-electron chi connectivity index (χ1n) is 7.46. The highest BCUT2D eigenvalue weighted by Gasteiger charge is 2.10. The Kier molecular flexibility index (Phi) is 6.00. The maximum absolute atomic E-state index is 12.2. The molecule has 0 heterocycles. The van der Waals surface area contributed by atoms with Gasteiger partial charge in [0.2, 0.25) is 0 Å². The summed E-state index contributed by atoms with van der Waals surface area (Å²) in [6.45, 7) is 4.40. The summed E-state index contributed by atoms with van der Waals surface area (Å²) in [5.41, 5.74) is 3.79. The van der Waals surface area contributed by atoms with Crippen molar-refractivity contribution in [3.8, 4) is 6.07 Å². The second-order valence-electron chi connectivity index (χ2n) is 5.45. The average Bonchev–Trinajstić information content (AvgIpc) is 2.56. The Morgan fingerprint density at radius 2 is 1.92 bits per heavy atom. The Labute approximate surface area is 146 Å². The summed E-state index contributed by atoms with van der Waals surface area (Å²) in [5, 5.41) is 15.6. The van der Waals surface area contributed by atoms with Crippen LogP contribution in [0.3, 0.4) is 0 Å². The molecule has 0 saturated carbocycles. The smallest absolute Gasteiger partial charge is 0.267 e. The molecule has 24 heavy (non-hydrogen) atoms.